The fraction of sp³-hybridized carbons (Fsp3) is 0.500. The summed E-state index contributed by atoms with van der Waals surface area (Å²) in [6.07, 6.45) is 0.180. The lowest BCUT2D eigenvalue weighted by molar-refractivity contribution is -0.137. The molecule has 0 bridgehead atoms. The van der Waals surface area contributed by atoms with Crippen molar-refractivity contribution in [3.63, 3.8) is 0 Å². The van der Waals surface area contributed by atoms with Crippen molar-refractivity contribution in [3.05, 3.63) is 52.3 Å². The molecular formula is C18H24F3NO3. The molecule has 0 aromatic carbocycles. The molecule has 0 spiro atoms. The van der Waals surface area contributed by atoms with Crippen molar-refractivity contribution in [2.45, 2.75) is 45.8 Å². The minimum absolute atomic E-state index is 0.147. The summed E-state index contributed by atoms with van der Waals surface area (Å²) in [4.78, 5) is 12.3. The number of aromatic nitrogens is 1. The number of hydrogen-bond acceptors (Lipinski definition) is 3. The standard InChI is InChI=1S/C18H24F3NO3/c1-5-8-16(13(4)25-7-3)22-12-14(9-10-24-6-2)15(11-17(22)23)18(19,20)21/h9-12,16H,4-8H2,1-3H3/b10-9+. The van der Waals surface area contributed by atoms with Crippen LogP contribution in [-0.4, -0.2) is 17.8 Å². The second-order valence-corrected chi connectivity index (χ2v) is 5.35. The van der Waals surface area contributed by atoms with Gasteiger partial charge in [0.05, 0.1) is 31.1 Å². The smallest absolute Gasteiger partial charge is 0.417 e. The zero-order chi connectivity index (χ0) is 19.0. The van der Waals surface area contributed by atoms with Crippen LogP contribution in [0.4, 0.5) is 13.2 Å². The molecule has 0 radical (unpaired) electrons. The summed E-state index contributed by atoms with van der Waals surface area (Å²) in [5.74, 6) is 0.353. The maximum absolute atomic E-state index is 13.2. The van der Waals surface area contributed by atoms with Gasteiger partial charge in [-0.25, -0.2) is 0 Å². The summed E-state index contributed by atoms with van der Waals surface area (Å²) >= 11 is 0. The molecule has 7 heteroatoms. The Morgan fingerprint density at radius 2 is 2.00 bits per heavy atom. The Bertz CT molecular complexity index is 663. The number of allylic oxidation sites excluding steroid dienone is 1. The van der Waals surface area contributed by atoms with E-state index in [1.807, 2.05) is 6.92 Å². The number of rotatable bonds is 9. The molecule has 1 rings (SSSR count). The molecule has 1 aromatic heterocycles. The first kappa shape index (κ1) is 20.9. The molecule has 0 saturated carbocycles. The van der Waals surface area contributed by atoms with Crippen molar-refractivity contribution in [3.8, 4) is 0 Å². The van der Waals surface area contributed by atoms with Gasteiger partial charge in [-0.3, -0.25) is 4.79 Å². The molecule has 1 atom stereocenters. The van der Waals surface area contributed by atoms with Crippen LogP contribution in [0.1, 0.15) is 50.8 Å². The molecule has 0 fully saturated rings. The fourth-order valence-electron chi connectivity index (χ4n) is 2.41. The van der Waals surface area contributed by atoms with E-state index in [0.717, 1.165) is 0 Å². The van der Waals surface area contributed by atoms with Crippen molar-refractivity contribution < 1.29 is 22.6 Å². The molecule has 1 heterocycles. The van der Waals surface area contributed by atoms with Crippen LogP contribution in [0.2, 0.25) is 0 Å². The molecule has 4 nitrogen and oxygen atoms in total. The van der Waals surface area contributed by atoms with Gasteiger partial charge in [0.25, 0.3) is 5.56 Å². The minimum Gasteiger partial charge on any atom is -0.501 e. The van der Waals surface area contributed by atoms with Gasteiger partial charge in [0.1, 0.15) is 5.76 Å². The molecule has 25 heavy (non-hydrogen) atoms. The number of ether oxygens (including phenoxy) is 2. The average Bonchev–Trinajstić information content (AvgIpc) is 2.53. The molecule has 0 N–H and O–H groups in total. The highest BCUT2D eigenvalue weighted by molar-refractivity contribution is 5.52. The number of halogens is 3. The summed E-state index contributed by atoms with van der Waals surface area (Å²) in [6.45, 7) is 9.92. The van der Waals surface area contributed by atoms with Crippen LogP contribution in [-0.2, 0) is 15.7 Å². The third-order valence-corrected chi connectivity index (χ3v) is 3.53. The fourth-order valence-corrected chi connectivity index (χ4v) is 2.41. The molecule has 140 valence electrons. The second-order valence-electron chi connectivity index (χ2n) is 5.35. The molecular weight excluding hydrogens is 335 g/mol. The van der Waals surface area contributed by atoms with Gasteiger partial charge >= 0.3 is 6.18 Å². The van der Waals surface area contributed by atoms with E-state index in [1.165, 1.54) is 23.1 Å². The normalized spacial score (nSPS) is 13.0. The van der Waals surface area contributed by atoms with E-state index in [9.17, 15) is 18.0 Å². The van der Waals surface area contributed by atoms with Gasteiger partial charge in [0, 0.05) is 17.8 Å². The summed E-state index contributed by atoms with van der Waals surface area (Å²) in [7, 11) is 0. The summed E-state index contributed by atoms with van der Waals surface area (Å²) in [5, 5.41) is 0. The highest BCUT2D eigenvalue weighted by atomic mass is 19.4. The molecule has 1 aromatic rings. The van der Waals surface area contributed by atoms with E-state index in [4.69, 9.17) is 9.47 Å². The predicted molar refractivity (Wildman–Crippen MR) is 91.1 cm³/mol. The van der Waals surface area contributed by atoms with Gasteiger partial charge in [-0.1, -0.05) is 19.9 Å². The average molecular weight is 359 g/mol. The van der Waals surface area contributed by atoms with Crippen LogP contribution in [0.3, 0.4) is 0 Å². The molecule has 1 unspecified atom stereocenters. The Balaban J connectivity index is 3.47. The van der Waals surface area contributed by atoms with Crippen LogP contribution in [0.25, 0.3) is 6.08 Å². The van der Waals surface area contributed by atoms with Crippen LogP contribution >= 0.6 is 0 Å². The van der Waals surface area contributed by atoms with Gasteiger partial charge in [-0.05, 0) is 26.3 Å². The second kappa shape index (κ2) is 9.34. The largest absolute Gasteiger partial charge is 0.501 e. The molecule has 0 aliphatic heterocycles. The number of nitrogens with zero attached hydrogens (tertiary/aromatic N) is 1. The summed E-state index contributed by atoms with van der Waals surface area (Å²) < 4.78 is 51.3. The van der Waals surface area contributed by atoms with Crippen LogP contribution in [0, 0.1) is 0 Å². The first-order valence-electron chi connectivity index (χ1n) is 8.19. The van der Waals surface area contributed by atoms with Crippen molar-refractivity contribution >= 4 is 6.08 Å². The van der Waals surface area contributed by atoms with E-state index in [-0.39, 0.29) is 5.56 Å². The number of alkyl halides is 3. The number of hydrogen-bond donors (Lipinski definition) is 0. The highest BCUT2D eigenvalue weighted by Gasteiger charge is 2.34. The zero-order valence-electron chi connectivity index (χ0n) is 14.7. The molecule has 0 saturated heterocycles. The Morgan fingerprint density at radius 1 is 1.32 bits per heavy atom. The van der Waals surface area contributed by atoms with Crippen molar-refractivity contribution in [2.24, 2.45) is 0 Å². The van der Waals surface area contributed by atoms with Crippen molar-refractivity contribution in [2.75, 3.05) is 13.2 Å². The van der Waals surface area contributed by atoms with Crippen LogP contribution < -0.4 is 5.56 Å². The Kier molecular flexibility index (Phi) is 7.80. The quantitative estimate of drug-likeness (QED) is 0.597. The minimum atomic E-state index is -4.64. The zero-order valence-corrected chi connectivity index (χ0v) is 14.7. The topological polar surface area (TPSA) is 40.5 Å². The van der Waals surface area contributed by atoms with Gasteiger partial charge in [0.2, 0.25) is 0 Å². The SMILES string of the molecule is C=C(OCC)C(CCC)n1cc(/C=C/OCC)c(C(F)(F)F)cc1=O. The van der Waals surface area contributed by atoms with Gasteiger partial charge in [-0.2, -0.15) is 13.2 Å². The van der Waals surface area contributed by atoms with Crippen molar-refractivity contribution in [1.82, 2.24) is 4.57 Å². The maximum atomic E-state index is 13.2. The third-order valence-electron chi connectivity index (χ3n) is 3.53. The maximum Gasteiger partial charge on any atom is 0.417 e. The molecule has 0 aliphatic rings. The summed E-state index contributed by atoms with van der Waals surface area (Å²) in [5.41, 5.74) is -1.90. The van der Waals surface area contributed by atoms with E-state index in [1.54, 1.807) is 13.8 Å². The number of pyridine rings is 1. The lowest BCUT2D eigenvalue weighted by atomic mass is 10.1. The van der Waals surface area contributed by atoms with E-state index < -0.39 is 23.3 Å². The van der Waals surface area contributed by atoms with Crippen LogP contribution in [0.5, 0.6) is 0 Å². The van der Waals surface area contributed by atoms with E-state index in [2.05, 4.69) is 6.58 Å². The molecule has 0 aliphatic carbocycles. The first-order chi connectivity index (χ1) is 11.8. The highest BCUT2D eigenvalue weighted by Crippen LogP contribution is 2.32. The monoisotopic (exact) mass is 359 g/mol. The predicted octanol–water partition coefficient (Wildman–Crippen LogP) is 4.77. The third kappa shape index (κ3) is 5.69. The van der Waals surface area contributed by atoms with Gasteiger partial charge in [-0.15, -0.1) is 0 Å². The summed E-state index contributed by atoms with van der Waals surface area (Å²) in [6, 6.07) is 0.0759. The Hall–Kier alpha value is -2.18. The van der Waals surface area contributed by atoms with E-state index >= 15 is 0 Å². The van der Waals surface area contributed by atoms with Gasteiger partial charge in [0.15, 0.2) is 0 Å². The lowest BCUT2D eigenvalue weighted by Gasteiger charge is -2.23. The van der Waals surface area contributed by atoms with Crippen molar-refractivity contribution in [1.29, 1.82) is 0 Å². The van der Waals surface area contributed by atoms with Gasteiger partial charge < -0.3 is 14.0 Å². The molecule has 0 amide bonds. The Morgan fingerprint density at radius 3 is 2.52 bits per heavy atom. The van der Waals surface area contributed by atoms with E-state index in [0.29, 0.717) is 37.9 Å². The first-order valence-corrected chi connectivity index (χ1v) is 8.19. The van der Waals surface area contributed by atoms with Crippen LogP contribution in [0.15, 0.2) is 35.7 Å². The Labute approximate surface area is 145 Å². The lowest BCUT2D eigenvalue weighted by Crippen LogP contribution is -2.28.